The van der Waals surface area contributed by atoms with E-state index in [9.17, 15) is 4.79 Å². The summed E-state index contributed by atoms with van der Waals surface area (Å²) in [6.45, 7) is 3.33. The van der Waals surface area contributed by atoms with Gasteiger partial charge in [0.25, 0.3) is 0 Å². The van der Waals surface area contributed by atoms with Crippen molar-refractivity contribution in [3.8, 4) is 11.3 Å². The number of nitrogens with one attached hydrogen (secondary N) is 1. The molecule has 0 saturated carbocycles. The van der Waals surface area contributed by atoms with E-state index in [0.29, 0.717) is 13.2 Å². The highest BCUT2D eigenvalue weighted by atomic mass is 32.1. The van der Waals surface area contributed by atoms with Gasteiger partial charge in [-0.05, 0) is 31.9 Å². The molecule has 116 valence electrons. The van der Waals surface area contributed by atoms with E-state index in [-0.39, 0.29) is 17.9 Å². The Bertz CT molecular complexity index is 623. The topological polar surface area (TPSA) is 64.1 Å². The number of ether oxygens (including phenoxy) is 1. The molecule has 1 aliphatic heterocycles. The normalized spacial score (nSPS) is 17.1. The molecule has 0 spiro atoms. The van der Waals surface area contributed by atoms with E-state index in [2.05, 4.69) is 15.3 Å². The molecule has 1 N–H and O–H groups in total. The largest absolute Gasteiger partial charge is 0.381 e. The highest BCUT2D eigenvalue weighted by Crippen LogP contribution is 2.25. The predicted octanol–water partition coefficient (Wildman–Crippen LogP) is 2.81. The van der Waals surface area contributed by atoms with Crippen molar-refractivity contribution in [1.29, 1.82) is 0 Å². The van der Waals surface area contributed by atoms with Crippen LogP contribution < -0.4 is 5.32 Å². The van der Waals surface area contributed by atoms with Gasteiger partial charge in [0.15, 0.2) is 0 Å². The third kappa shape index (κ3) is 3.51. The fourth-order valence-electron chi connectivity index (χ4n) is 2.49. The molecule has 2 aromatic heterocycles. The first-order valence-electron chi connectivity index (χ1n) is 7.48. The lowest BCUT2D eigenvalue weighted by atomic mass is 9.99. The van der Waals surface area contributed by atoms with Gasteiger partial charge in [-0.15, -0.1) is 11.3 Å². The Kier molecular flexibility index (Phi) is 4.80. The molecule has 6 heteroatoms. The van der Waals surface area contributed by atoms with E-state index in [4.69, 9.17) is 4.74 Å². The monoisotopic (exact) mass is 317 g/mol. The first-order chi connectivity index (χ1) is 10.7. The summed E-state index contributed by atoms with van der Waals surface area (Å²) in [5.74, 6) is 0.169. The molecule has 0 radical (unpaired) electrons. The molecule has 0 bridgehead atoms. The van der Waals surface area contributed by atoms with E-state index in [1.54, 1.807) is 23.7 Å². The molecule has 1 amide bonds. The van der Waals surface area contributed by atoms with E-state index in [0.717, 1.165) is 29.1 Å². The van der Waals surface area contributed by atoms with Crippen LogP contribution >= 0.6 is 11.3 Å². The zero-order valence-corrected chi connectivity index (χ0v) is 13.3. The molecule has 5 nitrogen and oxygen atoms in total. The smallest absolute Gasteiger partial charge is 0.223 e. The van der Waals surface area contributed by atoms with Crippen LogP contribution in [0.15, 0.2) is 29.9 Å². The third-order valence-electron chi connectivity index (χ3n) is 3.80. The SMILES string of the molecule is CC(NC(=O)C1CCOCC1)c1nc(-c2cccnc2)cs1. The first kappa shape index (κ1) is 15.1. The minimum Gasteiger partial charge on any atom is -0.381 e. The van der Waals surface area contributed by atoms with E-state index in [1.165, 1.54) is 0 Å². The molecule has 3 rings (SSSR count). The summed E-state index contributed by atoms with van der Waals surface area (Å²) in [6.07, 6.45) is 5.15. The second kappa shape index (κ2) is 6.98. The van der Waals surface area contributed by atoms with Crippen molar-refractivity contribution in [2.24, 2.45) is 5.92 Å². The van der Waals surface area contributed by atoms with Gasteiger partial charge in [-0.25, -0.2) is 4.98 Å². The second-order valence-electron chi connectivity index (χ2n) is 5.43. The Morgan fingerprint density at radius 2 is 2.27 bits per heavy atom. The first-order valence-corrected chi connectivity index (χ1v) is 8.36. The van der Waals surface area contributed by atoms with Crippen molar-refractivity contribution < 1.29 is 9.53 Å². The summed E-state index contributed by atoms with van der Waals surface area (Å²) in [6, 6.07) is 3.80. The highest BCUT2D eigenvalue weighted by molar-refractivity contribution is 7.10. The minimum absolute atomic E-state index is 0.0638. The maximum absolute atomic E-state index is 12.3. The number of aromatic nitrogens is 2. The fourth-order valence-corrected chi connectivity index (χ4v) is 3.32. The minimum atomic E-state index is -0.0780. The molecular weight excluding hydrogens is 298 g/mol. The van der Waals surface area contributed by atoms with E-state index >= 15 is 0 Å². The number of pyridine rings is 1. The van der Waals surface area contributed by atoms with Gasteiger partial charge in [-0.3, -0.25) is 9.78 Å². The van der Waals surface area contributed by atoms with Gasteiger partial charge in [0.1, 0.15) is 5.01 Å². The van der Waals surface area contributed by atoms with Crippen molar-refractivity contribution in [1.82, 2.24) is 15.3 Å². The van der Waals surface area contributed by atoms with Crippen LogP contribution in [-0.2, 0) is 9.53 Å². The van der Waals surface area contributed by atoms with Crippen molar-refractivity contribution >= 4 is 17.2 Å². The molecule has 1 fully saturated rings. The number of nitrogens with zero attached hydrogens (tertiary/aromatic N) is 2. The fraction of sp³-hybridized carbons (Fsp3) is 0.438. The summed E-state index contributed by atoms with van der Waals surface area (Å²) in [5.41, 5.74) is 1.90. The Hall–Kier alpha value is -1.79. The van der Waals surface area contributed by atoms with Gasteiger partial charge in [0.05, 0.1) is 11.7 Å². The molecule has 0 aliphatic carbocycles. The zero-order chi connectivity index (χ0) is 15.4. The van der Waals surface area contributed by atoms with Crippen LogP contribution in [-0.4, -0.2) is 29.1 Å². The zero-order valence-electron chi connectivity index (χ0n) is 12.5. The summed E-state index contributed by atoms with van der Waals surface area (Å²) in [5, 5.41) is 5.99. The van der Waals surface area contributed by atoms with E-state index in [1.807, 2.05) is 24.4 Å². The quantitative estimate of drug-likeness (QED) is 0.942. The van der Waals surface area contributed by atoms with Gasteiger partial charge >= 0.3 is 0 Å². The lowest BCUT2D eigenvalue weighted by molar-refractivity contribution is -0.128. The van der Waals surface area contributed by atoms with Crippen molar-refractivity contribution in [3.05, 3.63) is 34.9 Å². The summed E-state index contributed by atoms with van der Waals surface area (Å²) in [7, 11) is 0. The molecular formula is C16H19N3O2S. The Balaban J connectivity index is 1.64. The van der Waals surface area contributed by atoms with E-state index < -0.39 is 0 Å². The number of carbonyl (C=O) groups excluding carboxylic acids is 1. The summed E-state index contributed by atoms with van der Waals surface area (Å²) in [4.78, 5) is 21.0. The molecule has 1 atom stereocenters. The van der Waals surface area contributed by atoms with Crippen LogP contribution in [0.2, 0.25) is 0 Å². The number of rotatable bonds is 4. The molecule has 1 unspecified atom stereocenters. The van der Waals surface area contributed by atoms with Gasteiger partial charge in [-0.2, -0.15) is 0 Å². The van der Waals surface area contributed by atoms with Crippen LogP contribution in [0.1, 0.15) is 30.8 Å². The van der Waals surface area contributed by atoms with Crippen LogP contribution in [0, 0.1) is 5.92 Å². The Labute approximate surface area is 133 Å². The summed E-state index contributed by atoms with van der Waals surface area (Å²) < 4.78 is 5.30. The average molecular weight is 317 g/mol. The average Bonchev–Trinajstić information content (AvgIpc) is 3.06. The lowest BCUT2D eigenvalue weighted by Gasteiger charge is -2.22. The maximum Gasteiger partial charge on any atom is 0.223 e. The standard InChI is InChI=1S/C16H19N3O2S/c1-11(18-15(20)12-4-7-21-8-5-12)16-19-14(10-22-16)13-3-2-6-17-9-13/h2-3,6,9-12H,4-5,7-8H2,1H3,(H,18,20). The molecule has 1 aliphatic rings. The molecule has 0 aromatic carbocycles. The Morgan fingerprint density at radius 1 is 1.45 bits per heavy atom. The van der Waals surface area contributed by atoms with Crippen LogP contribution in [0.4, 0.5) is 0 Å². The van der Waals surface area contributed by atoms with Gasteiger partial charge in [-0.1, -0.05) is 0 Å². The highest BCUT2D eigenvalue weighted by Gasteiger charge is 2.23. The number of thiazole rings is 1. The van der Waals surface area contributed by atoms with Crippen molar-refractivity contribution in [2.45, 2.75) is 25.8 Å². The van der Waals surface area contributed by atoms with Crippen molar-refractivity contribution in [3.63, 3.8) is 0 Å². The number of hydrogen-bond acceptors (Lipinski definition) is 5. The van der Waals surface area contributed by atoms with Crippen LogP contribution in [0.5, 0.6) is 0 Å². The molecule has 2 aromatic rings. The van der Waals surface area contributed by atoms with Crippen LogP contribution in [0.3, 0.4) is 0 Å². The molecule has 1 saturated heterocycles. The Morgan fingerprint density at radius 3 is 3.00 bits per heavy atom. The number of amides is 1. The number of hydrogen-bond donors (Lipinski definition) is 1. The molecule has 22 heavy (non-hydrogen) atoms. The maximum atomic E-state index is 12.3. The van der Waals surface area contributed by atoms with Crippen molar-refractivity contribution in [2.75, 3.05) is 13.2 Å². The number of carbonyl (C=O) groups is 1. The third-order valence-corrected chi connectivity index (χ3v) is 4.83. The van der Waals surface area contributed by atoms with Gasteiger partial charge in [0, 0.05) is 42.5 Å². The van der Waals surface area contributed by atoms with Crippen LogP contribution in [0.25, 0.3) is 11.3 Å². The predicted molar refractivity (Wildman–Crippen MR) is 85.4 cm³/mol. The molecule has 3 heterocycles. The second-order valence-corrected chi connectivity index (χ2v) is 6.32. The van der Waals surface area contributed by atoms with Gasteiger partial charge in [0.2, 0.25) is 5.91 Å². The summed E-state index contributed by atoms with van der Waals surface area (Å²) >= 11 is 1.56. The van der Waals surface area contributed by atoms with Gasteiger partial charge < -0.3 is 10.1 Å². The lowest BCUT2D eigenvalue weighted by Crippen LogP contribution is -2.35.